The predicted molar refractivity (Wildman–Crippen MR) is 128 cm³/mol. The Kier molecular flexibility index (Phi) is 8.28. The summed E-state index contributed by atoms with van der Waals surface area (Å²) in [5.74, 6) is 1.60. The molecule has 0 spiro atoms. The van der Waals surface area contributed by atoms with Crippen LogP contribution in [0.2, 0.25) is 0 Å². The molecular formula is C25H40ClN3O2. The third-order valence-electron chi connectivity index (χ3n) is 7.17. The molecule has 31 heavy (non-hydrogen) atoms. The van der Waals surface area contributed by atoms with Gasteiger partial charge in [-0.05, 0) is 60.3 Å². The lowest BCUT2D eigenvalue weighted by molar-refractivity contribution is -0.139. The number of halogens is 1. The summed E-state index contributed by atoms with van der Waals surface area (Å²) in [5.41, 5.74) is 1.19. The van der Waals surface area contributed by atoms with Crippen molar-refractivity contribution >= 4 is 17.5 Å². The first kappa shape index (κ1) is 24.3. The van der Waals surface area contributed by atoms with Crippen LogP contribution in [0.5, 0.6) is 0 Å². The summed E-state index contributed by atoms with van der Waals surface area (Å²) in [5, 5.41) is 6.89. The molecule has 0 bridgehead atoms. The second-order valence-electron chi connectivity index (χ2n) is 10.3. The maximum atomic E-state index is 13.5. The van der Waals surface area contributed by atoms with E-state index in [1.807, 2.05) is 12.3 Å². The number of hydrogen-bond acceptors (Lipinski definition) is 4. The Morgan fingerprint density at radius 1 is 1.32 bits per heavy atom. The molecule has 1 fully saturated rings. The lowest BCUT2D eigenvalue weighted by Crippen LogP contribution is -2.56. The van der Waals surface area contributed by atoms with Gasteiger partial charge in [-0.25, -0.2) is 0 Å². The van der Waals surface area contributed by atoms with E-state index in [2.05, 4.69) is 61.5 Å². The van der Waals surface area contributed by atoms with Crippen LogP contribution in [-0.2, 0) is 9.53 Å². The number of nitrogens with one attached hydrogen (secondary N) is 2. The van der Waals surface area contributed by atoms with Crippen molar-refractivity contribution in [1.82, 2.24) is 15.5 Å². The first-order valence-electron chi connectivity index (χ1n) is 11.7. The van der Waals surface area contributed by atoms with Crippen molar-refractivity contribution in [3.8, 4) is 0 Å². The molecular weight excluding hydrogens is 410 g/mol. The van der Waals surface area contributed by atoms with Gasteiger partial charge in [-0.1, -0.05) is 45.9 Å². The molecule has 2 N–H and O–H groups in total. The lowest BCUT2D eigenvalue weighted by Gasteiger charge is -2.48. The van der Waals surface area contributed by atoms with Crippen LogP contribution >= 0.6 is 11.6 Å². The highest BCUT2D eigenvalue weighted by Gasteiger charge is 2.42. The first-order valence-corrected chi connectivity index (χ1v) is 12.2. The zero-order valence-corrected chi connectivity index (χ0v) is 20.5. The molecule has 0 aromatic carbocycles. The monoisotopic (exact) mass is 449 g/mol. The second kappa shape index (κ2) is 10.5. The summed E-state index contributed by atoms with van der Waals surface area (Å²) >= 11 is 6.26. The van der Waals surface area contributed by atoms with Crippen LogP contribution in [0.15, 0.2) is 36.1 Å². The normalized spacial score (nSPS) is 31.3. The molecule has 0 saturated carbocycles. The minimum Gasteiger partial charge on any atom is -0.363 e. The number of allylic oxidation sites excluding steroid dienone is 4. The van der Waals surface area contributed by atoms with E-state index < -0.39 is 0 Å². The largest absolute Gasteiger partial charge is 0.363 e. The Bertz CT molecular complexity index is 716. The minimum atomic E-state index is -0.205. The molecule has 1 aliphatic carbocycles. The number of ether oxygens (including phenoxy) is 1. The van der Waals surface area contributed by atoms with Gasteiger partial charge in [0.2, 0.25) is 5.91 Å². The molecule has 6 heteroatoms. The number of methoxy groups -OCH3 is 1. The SMILES string of the molecule is COC1NC=CC=C1CN[C@@H](C(=O)N1CCC(C2C=CC(Cl)CC2)C(C)(C)C1)C(C)C. The quantitative estimate of drug-likeness (QED) is 0.454. The number of amides is 1. The fourth-order valence-electron chi connectivity index (χ4n) is 5.41. The summed E-state index contributed by atoms with van der Waals surface area (Å²) < 4.78 is 5.50. The van der Waals surface area contributed by atoms with Crippen molar-refractivity contribution in [2.75, 3.05) is 26.7 Å². The van der Waals surface area contributed by atoms with Gasteiger partial charge in [0.05, 0.1) is 11.4 Å². The Morgan fingerprint density at radius 2 is 2.10 bits per heavy atom. The average molecular weight is 450 g/mol. The molecule has 2 aliphatic heterocycles. The number of alkyl halides is 1. The van der Waals surface area contributed by atoms with Gasteiger partial charge < -0.3 is 20.3 Å². The Labute approximate surface area is 193 Å². The first-order chi connectivity index (χ1) is 14.7. The van der Waals surface area contributed by atoms with Gasteiger partial charge in [0.25, 0.3) is 0 Å². The van der Waals surface area contributed by atoms with E-state index in [9.17, 15) is 4.79 Å². The molecule has 5 nitrogen and oxygen atoms in total. The zero-order chi connectivity index (χ0) is 22.6. The average Bonchev–Trinajstić information content (AvgIpc) is 2.74. The van der Waals surface area contributed by atoms with Gasteiger partial charge in [0, 0.05) is 26.7 Å². The van der Waals surface area contributed by atoms with E-state index in [0.29, 0.717) is 18.4 Å². The van der Waals surface area contributed by atoms with Crippen LogP contribution in [0.1, 0.15) is 47.0 Å². The number of dihydropyridines is 1. The zero-order valence-electron chi connectivity index (χ0n) is 19.7. The minimum absolute atomic E-state index is 0.0886. The van der Waals surface area contributed by atoms with Gasteiger partial charge in [0.1, 0.15) is 0 Å². The van der Waals surface area contributed by atoms with E-state index in [1.165, 1.54) is 0 Å². The van der Waals surface area contributed by atoms with Gasteiger partial charge in [-0.2, -0.15) is 0 Å². The molecule has 0 aromatic rings. The topological polar surface area (TPSA) is 53.6 Å². The van der Waals surface area contributed by atoms with E-state index in [1.54, 1.807) is 7.11 Å². The number of piperidine rings is 1. The van der Waals surface area contributed by atoms with Crippen molar-refractivity contribution in [1.29, 1.82) is 0 Å². The predicted octanol–water partition coefficient (Wildman–Crippen LogP) is 4.06. The maximum Gasteiger partial charge on any atom is 0.239 e. The molecule has 0 radical (unpaired) electrons. The fourth-order valence-corrected chi connectivity index (χ4v) is 5.62. The molecule has 1 saturated heterocycles. The van der Waals surface area contributed by atoms with Crippen LogP contribution < -0.4 is 10.6 Å². The summed E-state index contributed by atoms with van der Waals surface area (Å²) in [7, 11) is 1.69. The van der Waals surface area contributed by atoms with Crippen molar-refractivity contribution < 1.29 is 9.53 Å². The molecule has 174 valence electrons. The summed E-state index contributed by atoms with van der Waals surface area (Å²) in [6.07, 6.45) is 13.5. The summed E-state index contributed by atoms with van der Waals surface area (Å²) in [4.78, 5) is 15.6. The number of rotatable bonds is 7. The standard InChI is InChI=1S/C25H40ClN3O2/c1-17(2)22(28-15-19-7-6-13-27-23(19)31-5)24(30)29-14-12-21(25(3,4)16-29)18-8-10-20(26)11-9-18/h6-8,10,13,17-18,20-23,27-28H,9,11-12,14-16H2,1-5H3/t18?,20?,21?,22-,23?/m1/s1. The van der Waals surface area contributed by atoms with E-state index in [0.717, 1.165) is 37.9 Å². The fraction of sp³-hybridized carbons (Fsp3) is 0.720. The van der Waals surface area contributed by atoms with Crippen LogP contribution in [0.3, 0.4) is 0 Å². The molecule has 5 atom stereocenters. The number of likely N-dealkylation sites (tertiary alicyclic amines) is 1. The molecule has 3 rings (SSSR count). The van der Waals surface area contributed by atoms with Crippen molar-refractivity contribution in [3.05, 3.63) is 36.1 Å². The molecule has 4 unspecified atom stereocenters. The Hall–Kier alpha value is -1.30. The van der Waals surface area contributed by atoms with E-state index in [-0.39, 0.29) is 34.9 Å². The van der Waals surface area contributed by atoms with Crippen molar-refractivity contribution in [3.63, 3.8) is 0 Å². The van der Waals surface area contributed by atoms with Gasteiger partial charge >= 0.3 is 0 Å². The highest BCUT2D eigenvalue weighted by atomic mass is 35.5. The number of carbonyl (C=O) groups is 1. The van der Waals surface area contributed by atoms with Crippen LogP contribution in [0, 0.1) is 23.2 Å². The highest BCUT2D eigenvalue weighted by Crippen LogP contribution is 2.43. The van der Waals surface area contributed by atoms with Crippen LogP contribution in [0.25, 0.3) is 0 Å². The molecule has 1 amide bonds. The van der Waals surface area contributed by atoms with Gasteiger partial charge in [-0.3, -0.25) is 4.79 Å². The summed E-state index contributed by atoms with van der Waals surface area (Å²) in [6, 6.07) is -0.205. The van der Waals surface area contributed by atoms with Crippen LogP contribution in [0.4, 0.5) is 0 Å². The van der Waals surface area contributed by atoms with E-state index >= 15 is 0 Å². The second-order valence-corrected chi connectivity index (χ2v) is 10.8. The van der Waals surface area contributed by atoms with E-state index in [4.69, 9.17) is 16.3 Å². The van der Waals surface area contributed by atoms with Crippen molar-refractivity contribution in [2.24, 2.45) is 23.2 Å². The maximum absolute atomic E-state index is 13.5. The number of hydrogen-bond donors (Lipinski definition) is 2. The smallest absolute Gasteiger partial charge is 0.239 e. The molecule has 2 heterocycles. The van der Waals surface area contributed by atoms with Gasteiger partial charge in [0.15, 0.2) is 6.23 Å². The number of nitrogens with zero attached hydrogens (tertiary/aromatic N) is 1. The third-order valence-corrected chi connectivity index (χ3v) is 7.53. The number of carbonyl (C=O) groups excluding carboxylic acids is 1. The van der Waals surface area contributed by atoms with Crippen molar-refractivity contribution in [2.45, 2.75) is 64.6 Å². The van der Waals surface area contributed by atoms with Gasteiger partial charge in [-0.15, -0.1) is 11.6 Å². The van der Waals surface area contributed by atoms with Crippen LogP contribution in [-0.4, -0.2) is 55.2 Å². The Balaban J connectivity index is 1.63. The third kappa shape index (κ3) is 5.94. The molecule has 3 aliphatic rings. The molecule has 0 aromatic heterocycles. The Morgan fingerprint density at radius 3 is 2.71 bits per heavy atom. The summed E-state index contributed by atoms with van der Waals surface area (Å²) in [6.45, 7) is 11.1. The lowest BCUT2D eigenvalue weighted by atomic mass is 9.65. The highest BCUT2D eigenvalue weighted by molar-refractivity contribution is 6.21.